The van der Waals surface area contributed by atoms with Gasteiger partial charge in [0.05, 0.1) is 24.4 Å². The number of amides is 1. The molecule has 6 nitrogen and oxygen atoms in total. The lowest BCUT2D eigenvalue weighted by Crippen LogP contribution is -2.26. The van der Waals surface area contributed by atoms with Crippen LogP contribution in [0.4, 0.5) is 0 Å². The Morgan fingerprint density at radius 3 is 2.52 bits per heavy atom. The smallest absolute Gasteiger partial charge is 0.255 e. The lowest BCUT2D eigenvalue weighted by molar-refractivity contribution is 0.0940. The Morgan fingerprint density at radius 1 is 1.06 bits per heavy atom. The average molecular weight is 412 g/mol. The van der Waals surface area contributed by atoms with Crippen molar-refractivity contribution in [3.05, 3.63) is 95.9 Å². The van der Waals surface area contributed by atoms with E-state index in [4.69, 9.17) is 9.84 Å². The monoisotopic (exact) mass is 412 g/mol. The summed E-state index contributed by atoms with van der Waals surface area (Å²) in [6, 6.07) is 19.2. The molecule has 0 aliphatic heterocycles. The quantitative estimate of drug-likeness (QED) is 0.497. The van der Waals surface area contributed by atoms with Gasteiger partial charge in [-0.15, -0.1) is 0 Å². The molecule has 1 unspecified atom stereocenters. The Balaban J connectivity index is 1.73. The predicted octanol–water partition coefficient (Wildman–Crippen LogP) is 4.74. The Kier molecular flexibility index (Phi) is 5.80. The van der Waals surface area contributed by atoms with Gasteiger partial charge in [0.15, 0.2) is 0 Å². The van der Waals surface area contributed by atoms with Crippen molar-refractivity contribution in [1.82, 2.24) is 20.1 Å². The molecule has 31 heavy (non-hydrogen) atoms. The minimum absolute atomic E-state index is 0.170. The van der Waals surface area contributed by atoms with Crippen molar-refractivity contribution in [3.63, 3.8) is 0 Å². The van der Waals surface area contributed by atoms with Gasteiger partial charge in [-0.2, -0.15) is 5.10 Å². The molecule has 2 aromatic carbocycles. The fourth-order valence-corrected chi connectivity index (χ4v) is 3.36. The lowest BCUT2D eigenvalue weighted by atomic mass is 10.1. The first-order valence-electron chi connectivity index (χ1n) is 10.1. The Morgan fingerprint density at radius 2 is 1.81 bits per heavy atom. The minimum Gasteiger partial charge on any atom is -0.497 e. The van der Waals surface area contributed by atoms with E-state index in [0.29, 0.717) is 17.0 Å². The molecule has 4 rings (SSSR count). The first-order valence-corrected chi connectivity index (χ1v) is 10.1. The summed E-state index contributed by atoms with van der Waals surface area (Å²) in [5.41, 5.74) is 4.93. The largest absolute Gasteiger partial charge is 0.497 e. The van der Waals surface area contributed by atoms with E-state index in [9.17, 15) is 4.79 Å². The molecule has 0 spiro atoms. The molecular formula is C25H24N4O2. The van der Waals surface area contributed by atoms with Crippen LogP contribution in [0.5, 0.6) is 5.75 Å². The summed E-state index contributed by atoms with van der Waals surface area (Å²) < 4.78 is 7.10. The van der Waals surface area contributed by atoms with Crippen molar-refractivity contribution in [2.45, 2.75) is 19.9 Å². The third-order valence-electron chi connectivity index (χ3n) is 5.15. The number of carbonyl (C=O) groups excluding carboxylic acids is 1. The topological polar surface area (TPSA) is 69.0 Å². The van der Waals surface area contributed by atoms with Gasteiger partial charge in [0.1, 0.15) is 11.4 Å². The minimum atomic E-state index is -0.194. The predicted molar refractivity (Wildman–Crippen MR) is 120 cm³/mol. The van der Waals surface area contributed by atoms with E-state index in [1.807, 2.05) is 74.5 Å². The number of nitrogens with one attached hydrogen (secondary N) is 1. The Labute approximate surface area is 181 Å². The van der Waals surface area contributed by atoms with Crippen LogP contribution in [0.1, 0.15) is 34.5 Å². The van der Waals surface area contributed by atoms with Gasteiger partial charge in [0.2, 0.25) is 0 Å². The van der Waals surface area contributed by atoms with Crippen molar-refractivity contribution in [3.8, 4) is 22.7 Å². The van der Waals surface area contributed by atoms with E-state index >= 15 is 0 Å². The van der Waals surface area contributed by atoms with Crippen LogP contribution in [-0.4, -0.2) is 27.8 Å². The third kappa shape index (κ3) is 4.48. The van der Waals surface area contributed by atoms with Gasteiger partial charge < -0.3 is 10.1 Å². The maximum absolute atomic E-state index is 13.3. The highest BCUT2D eigenvalue weighted by Gasteiger charge is 2.21. The highest BCUT2D eigenvalue weighted by Crippen LogP contribution is 2.27. The summed E-state index contributed by atoms with van der Waals surface area (Å²) >= 11 is 0. The van der Waals surface area contributed by atoms with E-state index in [-0.39, 0.29) is 11.9 Å². The number of nitrogens with zero attached hydrogens (tertiary/aromatic N) is 3. The number of methoxy groups -OCH3 is 1. The molecule has 1 atom stereocenters. The molecule has 2 aromatic heterocycles. The van der Waals surface area contributed by atoms with Crippen LogP contribution in [-0.2, 0) is 0 Å². The van der Waals surface area contributed by atoms with Crippen molar-refractivity contribution >= 4 is 5.91 Å². The van der Waals surface area contributed by atoms with Gasteiger partial charge in [-0.25, -0.2) is 4.68 Å². The number of hydrogen-bond acceptors (Lipinski definition) is 4. The first-order chi connectivity index (χ1) is 15.0. The Bertz CT molecular complexity index is 1180. The van der Waals surface area contributed by atoms with Gasteiger partial charge in [0.25, 0.3) is 5.91 Å². The fourth-order valence-electron chi connectivity index (χ4n) is 3.36. The normalized spacial score (nSPS) is 11.7. The number of pyridine rings is 1. The van der Waals surface area contributed by atoms with Gasteiger partial charge in [-0.1, -0.05) is 29.8 Å². The highest BCUT2D eigenvalue weighted by molar-refractivity contribution is 6.00. The SMILES string of the molecule is COc1cccc(-c2nn(-c3ccc(C)cc3)cc2C(=O)NC(C)c2ccncc2)c1. The molecule has 156 valence electrons. The molecule has 0 bridgehead atoms. The fraction of sp³-hybridized carbons (Fsp3) is 0.160. The molecule has 1 N–H and O–H groups in total. The lowest BCUT2D eigenvalue weighted by Gasteiger charge is -2.14. The summed E-state index contributed by atoms with van der Waals surface area (Å²) in [6.45, 7) is 3.98. The van der Waals surface area contributed by atoms with Crippen LogP contribution >= 0.6 is 0 Å². The van der Waals surface area contributed by atoms with Crippen molar-refractivity contribution in [1.29, 1.82) is 0 Å². The highest BCUT2D eigenvalue weighted by atomic mass is 16.5. The summed E-state index contributed by atoms with van der Waals surface area (Å²) in [5.74, 6) is 0.513. The van der Waals surface area contributed by atoms with E-state index in [2.05, 4.69) is 10.3 Å². The number of benzene rings is 2. The second-order valence-corrected chi connectivity index (χ2v) is 7.38. The standard InChI is InChI=1S/C25H24N4O2/c1-17-7-9-21(10-8-17)29-16-23(24(28-29)20-5-4-6-22(15-20)31-3)25(30)27-18(2)19-11-13-26-14-12-19/h4-16,18H,1-3H3,(H,27,30). The zero-order valence-corrected chi connectivity index (χ0v) is 17.7. The van der Waals surface area contributed by atoms with Crippen LogP contribution in [0.25, 0.3) is 16.9 Å². The molecule has 0 aliphatic carbocycles. The molecule has 4 aromatic rings. The van der Waals surface area contributed by atoms with Gasteiger partial charge in [0, 0.05) is 24.2 Å². The average Bonchev–Trinajstić information content (AvgIpc) is 3.26. The van der Waals surface area contributed by atoms with Crippen LogP contribution in [0, 0.1) is 6.92 Å². The first kappa shape index (κ1) is 20.3. The molecule has 0 saturated carbocycles. The Hall–Kier alpha value is -3.93. The zero-order valence-electron chi connectivity index (χ0n) is 17.7. The summed E-state index contributed by atoms with van der Waals surface area (Å²) in [7, 11) is 1.62. The number of aromatic nitrogens is 3. The number of ether oxygens (including phenoxy) is 1. The number of carbonyl (C=O) groups is 1. The maximum Gasteiger partial charge on any atom is 0.255 e. The summed E-state index contributed by atoms with van der Waals surface area (Å²) in [6.07, 6.45) is 5.21. The van der Waals surface area contributed by atoms with Gasteiger partial charge in [-0.3, -0.25) is 9.78 Å². The van der Waals surface area contributed by atoms with Crippen LogP contribution < -0.4 is 10.1 Å². The van der Waals surface area contributed by atoms with Gasteiger partial charge in [-0.05, 0) is 55.8 Å². The number of rotatable bonds is 6. The van der Waals surface area contributed by atoms with E-state index in [1.165, 1.54) is 0 Å². The van der Waals surface area contributed by atoms with E-state index in [1.54, 1.807) is 30.4 Å². The van der Waals surface area contributed by atoms with E-state index < -0.39 is 0 Å². The molecule has 0 aliphatic rings. The second kappa shape index (κ2) is 8.83. The third-order valence-corrected chi connectivity index (χ3v) is 5.15. The molecule has 6 heteroatoms. The van der Waals surface area contributed by atoms with Crippen molar-refractivity contribution in [2.75, 3.05) is 7.11 Å². The molecular weight excluding hydrogens is 388 g/mol. The zero-order chi connectivity index (χ0) is 21.8. The molecule has 0 saturated heterocycles. The molecule has 1 amide bonds. The number of aryl methyl sites for hydroxylation is 1. The van der Waals surface area contributed by atoms with Crippen molar-refractivity contribution < 1.29 is 9.53 Å². The summed E-state index contributed by atoms with van der Waals surface area (Å²) in [4.78, 5) is 17.3. The van der Waals surface area contributed by atoms with Crippen LogP contribution in [0.3, 0.4) is 0 Å². The number of hydrogen-bond donors (Lipinski definition) is 1. The van der Waals surface area contributed by atoms with Crippen LogP contribution in [0.15, 0.2) is 79.3 Å². The van der Waals surface area contributed by atoms with E-state index in [0.717, 1.165) is 22.4 Å². The molecule has 0 radical (unpaired) electrons. The molecule has 2 heterocycles. The summed E-state index contributed by atoms with van der Waals surface area (Å²) in [5, 5.41) is 7.82. The maximum atomic E-state index is 13.3. The van der Waals surface area contributed by atoms with Crippen LogP contribution in [0.2, 0.25) is 0 Å². The van der Waals surface area contributed by atoms with Crippen molar-refractivity contribution in [2.24, 2.45) is 0 Å². The van der Waals surface area contributed by atoms with Gasteiger partial charge >= 0.3 is 0 Å². The molecule has 0 fully saturated rings. The second-order valence-electron chi connectivity index (χ2n) is 7.38.